The lowest BCUT2D eigenvalue weighted by Gasteiger charge is -2.41. The number of nitrogens with one attached hydrogen (secondary N) is 1. The first kappa shape index (κ1) is 14.4. The molecule has 0 aliphatic carbocycles. The summed E-state index contributed by atoms with van der Waals surface area (Å²) in [7, 11) is 4.28. The van der Waals surface area contributed by atoms with Crippen LogP contribution in [0.1, 0.15) is 18.1 Å². The fourth-order valence-corrected chi connectivity index (χ4v) is 2.97. The smallest absolute Gasteiger partial charge is 0.0387 e. The predicted octanol–water partition coefficient (Wildman–Crippen LogP) is 2.03. The summed E-state index contributed by atoms with van der Waals surface area (Å²) in [5.41, 5.74) is 4.07. The Bertz CT molecular complexity index is 408. The summed E-state index contributed by atoms with van der Waals surface area (Å²) in [4.78, 5) is 4.80. The van der Waals surface area contributed by atoms with Gasteiger partial charge < -0.3 is 15.1 Å². The molecule has 0 saturated carbocycles. The molecular formula is C16H27N3. The lowest BCUT2D eigenvalue weighted by Crippen LogP contribution is -2.58. The lowest BCUT2D eigenvalue weighted by atomic mass is 10.1. The van der Waals surface area contributed by atoms with E-state index in [0.29, 0.717) is 12.1 Å². The van der Waals surface area contributed by atoms with Crippen molar-refractivity contribution < 1.29 is 0 Å². The Morgan fingerprint density at radius 3 is 2.42 bits per heavy atom. The van der Waals surface area contributed by atoms with Gasteiger partial charge in [0.1, 0.15) is 0 Å². The average Bonchev–Trinajstić information content (AvgIpc) is 2.29. The monoisotopic (exact) mass is 261 g/mol. The van der Waals surface area contributed by atoms with Crippen LogP contribution in [0.3, 0.4) is 0 Å². The maximum absolute atomic E-state index is 3.65. The second-order valence-electron chi connectivity index (χ2n) is 6.21. The maximum atomic E-state index is 3.65. The number of piperazine rings is 1. The summed E-state index contributed by atoms with van der Waals surface area (Å²) in [6, 6.07) is 7.96. The number of nitrogens with zero attached hydrogens (tertiary/aromatic N) is 2. The first-order valence-corrected chi connectivity index (χ1v) is 7.19. The standard InChI is InChI=1S/C16H27N3/c1-12-6-13(2)8-16(7-12)19-11-15(10-18(4)5)17-9-14(19)3/h6-8,14-15,17H,9-11H2,1-5H3. The summed E-state index contributed by atoms with van der Waals surface area (Å²) in [6.45, 7) is 9.90. The third kappa shape index (κ3) is 3.71. The Morgan fingerprint density at radius 1 is 1.21 bits per heavy atom. The van der Waals surface area contributed by atoms with E-state index in [4.69, 9.17) is 0 Å². The largest absolute Gasteiger partial charge is 0.366 e. The molecule has 106 valence electrons. The van der Waals surface area contributed by atoms with Crippen LogP contribution in [0.15, 0.2) is 18.2 Å². The van der Waals surface area contributed by atoms with E-state index < -0.39 is 0 Å². The van der Waals surface area contributed by atoms with Crippen LogP contribution in [0.4, 0.5) is 5.69 Å². The van der Waals surface area contributed by atoms with Gasteiger partial charge in [0.2, 0.25) is 0 Å². The molecule has 3 nitrogen and oxygen atoms in total. The van der Waals surface area contributed by atoms with Crippen molar-refractivity contribution in [1.82, 2.24) is 10.2 Å². The second-order valence-corrected chi connectivity index (χ2v) is 6.21. The molecule has 0 radical (unpaired) electrons. The van der Waals surface area contributed by atoms with Gasteiger partial charge in [-0.15, -0.1) is 0 Å². The van der Waals surface area contributed by atoms with Crippen LogP contribution in [-0.4, -0.2) is 50.7 Å². The maximum Gasteiger partial charge on any atom is 0.0387 e. The molecular weight excluding hydrogens is 234 g/mol. The van der Waals surface area contributed by atoms with Crippen LogP contribution in [0.25, 0.3) is 0 Å². The minimum Gasteiger partial charge on any atom is -0.366 e. The third-order valence-corrected chi connectivity index (χ3v) is 3.77. The first-order valence-electron chi connectivity index (χ1n) is 7.19. The number of rotatable bonds is 3. The fraction of sp³-hybridized carbons (Fsp3) is 0.625. The lowest BCUT2D eigenvalue weighted by molar-refractivity contribution is 0.307. The molecule has 1 fully saturated rings. The van der Waals surface area contributed by atoms with Gasteiger partial charge in [-0.3, -0.25) is 0 Å². The zero-order valence-corrected chi connectivity index (χ0v) is 12.9. The van der Waals surface area contributed by atoms with E-state index >= 15 is 0 Å². The highest BCUT2D eigenvalue weighted by Gasteiger charge is 2.25. The molecule has 2 rings (SSSR count). The van der Waals surface area contributed by atoms with Crippen molar-refractivity contribution in [2.75, 3.05) is 38.6 Å². The number of likely N-dealkylation sites (N-methyl/N-ethyl adjacent to an activating group) is 1. The normalized spacial score (nSPS) is 24.0. The molecule has 0 aromatic heterocycles. The molecule has 3 heteroatoms. The van der Waals surface area contributed by atoms with E-state index in [1.807, 2.05) is 0 Å². The minimum absolute atomic E-state index is 0.548. The highest BCUT2D eigenvalue weighted by Crippen LogP contribution is 2.23. The number of benzene rings is 1. The van der Waals surface area contributed by atoms with Crippen molar-refractivity contribution in [3.8, 4) is 0 Å². The van der Waals surface area contributed by atoms with Gasteiger partial charge in [-0.2, -0.15) is 0 Å². The van der Waals surface area contributed by atoms with E-state index in [9.17, 15) is 0 Å². The molecule has 1 saturated heterocycles. The summed E-state index contributed by atoms with van der Waals surface area (Å²) in [5.74, 6) is 0. The van der Waals surface area contributed by atoms with Crippen molar-refractivity contribution in [2.24, 2.45) is 0 Å². The van der Waals surface area contributed by atoms with Crippen molar-refractivity contribution in [3.05, 3.63) is 29.3 Å². The molecule has 19 heavy (non-hydrogen) atoms. The van der Waals surface area contributed by atoms with Gasteiger partial charge in [-0.1, -0.05) is 6.07 Å². The second kappa shape index (κ2) is 5.93. The van der Waals surface area contributed by atoms with E-state index in [1.54, 1.807) is 0 Å². The number of anilines is 1. The topological polar surface area (TPSA) is 18.5 Å². The molecule has 1 aliphatic heterocycles. The van der Waals surface area contributed by atoms with Gasteiger partial charge in [0.05, 0.1) is 0 Å². The third-order valence-electron chi connectivity index (χ3n) is 3.77. The van der Waals surface area contributed by atoms with Crippen LogP contribution in [0.2, 0.25) is 0 Å². The Kier molecular flexibility index (Phi) is 4.48. The number of hydrogen-bond donors (Lipinski definition) is 1. The van der Waals surface area contributed by atoms with Crippen molar-refractivity contribution in [1.29, 1.82) is 0 Å². The summed E-state index contributed by atoms with van der Waals surface area (Å²) < 4.78 is 0. The zero-order valence-electron chi connectivity index (χ0n) is 12.9. The highest BCUT2D eigenvalue weighted by molar-refractivity contribution is 5.52. The number of aryl methyl sites for hydroxylation is 2. The van der Waals surface area contributed by atoms with Crippen molar-refractivity contribution in [2.45, 2.75) is 32.9 Å². The zero-order chi connectivity index (χ0) is 14.0. The Morgan fingerprint density at radius 2 is 1.84 bits per heavy atom. The van der Waals surface area contributed by atoms with Gasteiger partial charge in [-0.25, -0.2) is 0 Å². The molecule has 2 unspecified atom stereocenters. The fourth-order valence-electron chi connectivity index (χ4n) is 2.97. The van der Waals surface area contributed by atoms with Gasteiger partial charge in [0.15, 0.2) is 0 Å². The SMILES string of the molecule is Cc1cc(C)cc(N2CC(CN(C)C)NCC2C)c1. The molecule has 1 aromatic rings. The molecule has 1 aliphatic rings. The van der Waals surface area contributed by atoms with Gasteiger partial charge in [0.25, 0.3) is 0 Å². The van der Waals surface area contributed by atoms with E-state index in [2.05, 4.69) is 68.2 Å². The quantitative estimate of drug-likeness (QED) is 0.898. The predicted molar refractivity (Wildman–Crippen MR) is 83.1 cm³/mol. The molecule has 1 heterocycles. The minimum atomic E-state index is 0.548. The number of hydrogen-bond acceptors (Lipinski definition) is 3. The van der Waals surface area contributed by atoms with Gasteiger partial charge >= 0.3 is 0 Å². The first-order chi connectivity index (χ1) is 8.95. The Labute approximate surface area is 117 Å². The van der Waals surface area contributed by atoms with Crippen LogP contribution in [-0.2, 0) is 0 Å². The van der Waals surface area contributed by atoms with E-state index in [0.717, 1.165) is 19.6 Å². The van der Waals surface area contributed by atoms with E-state index in [-0.39, 0.29) is 0 Å². The molecule has 0 amide bonds. The Balaban J connectivity index is 2.16. The molecule has 1 aromatic carbocycles. The van der Waals surface area contributed by atoms with Crippen molar-refractivity contribution in [3.63, 3.8) is 0 Å². The van der Waals surface area contributed by atoms with Crippen LogP contribution in [0.5, 0.6) is 0 Å². The summed E-state index contributed by atoms with van der Waals surface area (Å²) in [6.07, 6.45) is 0. The molecule has 1 N–H and O–H groups in total. The van der Waals surface area contributed by atoms with Crippen LogP contribution in [0, 0.1) is 13.8 Å². The molecule has 2 atom stereocenters. The van der Waals surface area contributed by atoms with Crippen molar-refractivity contribution >= 4 is 5.69 Å². The Hall–Kier alpha value is -1.06. The van der Waals surface area contributed by atoms with Crippen LogP contribution >= 0.6 is 0 Å². The van der Waals surface area contributed by atoms with E-state index in [1.165, 1.54) is 16.8 Å². The van der Waals surface area contributed by atoms with Gasteiger partial charge in [-0.05, 0) is 58.1 Å². The van der Waals surface area contributed by atoms with Crippen LogP contribution < -0.4 is 10.2 Å². The summed E-state index contributed by atoms with van der Waals surface area (Å²) in [5, 5.41) is 3.65. The average molecular weight is 261 g/mol. The molecule has 0 spiro atoms. The highest BCUT2D eigenvalue weighted by atomic mass is 15.2. The molecule has 0 bridgehead atoms. The summed E-state index contributed by atoms with van der Waals surface area (Å²) >= 11 is 0. The van der Waals surface area contributed by atoms with Gasteiger partial charge in [0, 0.05) is 37.4 Å².